The van der Waals surface area contributed by atoms with Crippen molar-refractivity contribution in [3.8, 4) is 17.0 Å². The Labute approximate surface area is 167 Å². The number of hydrogen-bond acceptors (Lipinski definition) is 7. The first-order valence-electron chi connectivity index (χ1n) is 8.24. The molecule has 12 heteroatoms. The predicted molar refractivity (Wildman–Crippen MR) is 101 cm³/mol. The Morgan fingerprint density at radius 1 is 1.38 bits per heavy atom. The number of anilines is 1. The number of benzene rings is 1. The molecular weight excluding hydrogens is 408 g/mol. The van der Waals surface area contributed by atoms with Crippen molar-refractivity contribution < 1.29 is 23.2 Å². The van der Waals surface area contributed by atoms with E-state index in [0.29, 0.717) is 11.3 Å². The molecule has 0 aliphatic heterocycles. The fraction of sp³-hybridized carbons (Fsp3) is 0.235. The number of nitrogens with zero attached hydrogens (tertiary/aromatic N) is 4. The normalized spacial score (nSPS) is 10.9. The second-order valence-electron chi connectivity index (χ2n) is 5.89. The predicted octanol–water partition coefficient (Wildman–Crippen LogP) is 3.77. The van der Waals surface area contributed by atoms with E-state index in [0.717, 1.165) is 11.3 Å². The number of aromatic nitrogens is 3. The van der Waals surface area contributed by atoms with Crippen LogP contribution in [-0.4, -0.2) is 32.2 Å². The number of aryl methyl sites for hydroxylation is 1. The fourth-order valence-electron chi connectivity index (χ4n) is 2.73. The summed E-state index contributed by atoms with van der Waals surface area (Å²) in [7, 11) is 0. The summed E-state index contributed by atoms with van der Waals surface area (Å²) in [5.74, 6) is -0.510. The fourth-order valence-corrected chi connectivity index (χ4v) is 3.46. The van der Waals surface area contributed by atoms with Crippen molar-refractivity contribution in [2.24, 2.45) is 0 Å². The van der Waals surface area contributed by atoms with Gasteiger partial charge in [0.2, 0.25) is 5.91 Å². The topological polar surface area (TPSA) is 112 Å². The molecule has 1 amide bonds. The lowest BCUT2D eigenvalue weighted by molar-refractivity contribution is -0.386. The van der Waals surface area contributed by atoms with Gasteiger partial charge in [0.05, 0.1) is 10.6 Å². The van der Waals surface area contributed by atoms with E-state index >= 15 is 0 Å². The molecule has 3 rings (SSSR count). The Kier molecular flexibility index (Phi) is 5.82. The number of ether oxygens (including phenoxy) is 1. The van der Waals surface area contributed by atoms with Crippen LogP contribution in [0.15, 0.2) is 29.6 Å². The van der Waals surface area contributed by atoms with Crippen molar-refractivity contribution in [1.29, 1.82) is 0 Å². The van der Waals surface area contributed by atoms with E-state index in [4.69, 9.17) is 0 Å². The van der Waals surface area contributed by atoms with Gasteiger partial charge in [-0.05, 0) is 26.0 Å². The van der Waals surface area contributed by atoms with Crippen LogP contribution in [0.5, 0.6) is 5.75 Å². The van der Waals surface area contributed by atoms with E-state index in [1.165, 1.54) is 24.6 Å². The van der Waals surface area contributed by atoms with Crippen LogP contribution in [-0.2, 0) is 11.3 Å². The molecule has 0 unspecified atom stereocenters. The third kappa shape index (κ3) is 4.54. The van der Waals surface area contributed by atoms with E-state index in [2.05, 4.69) is 20.1 Å². The summed E-state index contributed by atoms with van der Waals surface area (Å²) >= 11 is 1.10. The van der Waals surface area contributed by atoms with Gasteiger partial charge in [-0.25, -0.2) is 4.98 Å². The molecule has 0 fully saturated rings. The average molecular weight is 423 g/mol. The van der Waals surface area contributed by atoms with Crippen LogP contribution in [0.4, 0.5) is 19.6 Å². The van der Waals surface area contributed by atoms with E-state index in [9.17, 15) is 23.7 Å². The van der Waals surface area contributed by atoms with Gasteiger partial charge in [0, 0.05) is 10.9 Å². The van der Waals surface area contributed by atoms with E-state index in [-0.39, 0.29) is 34.5 Å². The van der Waals surface area contributed by atoms with Gasteiger partial charge in [0.1, 0.15) is 23.7 Å². The lowest BCUT2D eigenvalue weighted by Crippen LogP contribution is -2.20. The number of nitro groups is 1. The molecular formula is C17H15F2N5O4S. The number of thiazole rings is 1. The maximum Gasteiger partial charge on any atom is 0.387 e. The van der Waals surface area contributed by atoms with Crippen LogP contribution in [0.2, 0.25) is 0 Å². The van der Waals surface area contributed by atoms with Crippen molar-refractivity contribution in [3.05, 3.63) is 51.1 Å². The minimum atomic E-state index is -2.97. The highest BCUT2D eigenvalue weighted by atomic mass is 32.1. The number of nitrogens with one attached hydrogen (secondary N) is 1. The van der Waals surface area contributed by atoms with Crippen LogP contribution in [0, 0.1) is 24.0 Å². The molecule has 0 radical (unpaired) electrons. The molecule has 29 heavy (non-hydrogen) atoms. The van der Waals surface area contributed by atoms with Gasteiger partial charge in [-0.2, -0.15) is 13.9 Å². The minimum absolute atomic E-state index is 0.0272. The molecule has 152 valence electrons. The van der Waals surface area contributed by atoms with Crippen LogP contribution in [0.1, 0.15) is 11.4 Å². The largest absolute Gasteiger partial charge is 0.434 e. The van der Waals surface area contributed by atoms with E-state index < -0.39 is 17.4 Å². The number of carbonyl (C=O) groups is 1. The smallest absolute Gasteiger partial charge is 0.387 e. The Bertz CT molecular complexity index is 1070. The zero-order valence-electron chi connectivity index (χ0n) is 15.3. The molecule has 2 aromatic heterocycles. The van der Waals surface area contributed by atoms with Crippen molar-refractivity contribution in [2.75, 3.05) is 5.32 Å². The molecule has 1 aromatic carbocycles. The zero-order chi connectivity index (χ0) is 21.1. The first-order valence-corrected chi connectivity index (χ1v) is 9.12. The van der Waals surface area contributed by atoms with Crippen molar-refractivity contribution >= 4 is 28.1 Å². The maximum atomic E-state index is 12.6. The number of rotatable bonds is 7. The highest BCUT2D eigenvalue weighted by Crippen LogP contribution is 2.33. The van der Waals surface area contributed by atoms with Crippen molar-refractivity contribution in [2.45, 2.75) is 27.0 Å². The van der Waals surface area contributed by atoms with Gasteiger partial charge < -0.3 is 10.1 Å². The molecule has 0 saturated heterocycles. The van der Waals surface area contributed by atoms with E-state index in [1.54, 1.807) is 23.6 Å². The molecule has 0 saturated carbocycles. The van der Waals surface area contributed by atoms with Crippen LogP contribution >= 0.6 is 11.3 Å². The van der Waals surface area contributed by atoms with E-state index in [1.807, 2.05) is 0 Å². The molecule has 1 N–H and O–H groups in total. The standard InChI is InChI=1S/C17H15F2N5O4S/c1-9-15(24(26)27)10(2)23(22-9)7-14(25)21-17-20-12(8-29-17)11-5-3-4-6-13(11)28-16(18)19/h3-6,8,16H,7H2,1-2H3,(H,20,21,25). The van der Waals surface area contributed by atoms with Gasteiger partial charge >= 0.3 is 12.3 Å². The minimum Gasteiger partial charge on any atom is -0.434 e. The van der Waals surface area contributed by atoms with Gasteiger partial charge in [0.15, 0.2) is 5.13 Å². The summed E-state index contributed by atoms with van der Waals surface area (Å²) in [4.78, 5) is 27.0. The number of hydrogen-bond donors (Lipinski definition) is 1. The third-order valence-electron chi connectivity index (χ3n) is 3.95. The average Bonchev–Trinajstić information content (AvgIpc) is 3.19. The molecule has 0 spiro atoms. The molecule has 0 atom stereocenters. The molecule has 0 bridgehead atoms. The van der Waals surface area contributed by atoms with Gasteiger partial charge in [-0.15, -0.1) is 11.3 Å². The third-order valence-corrected chi connectivity index (χ3v) is 4.71. The van der Waals surface area contributed by atoms with Gasteiger partial charge in [-0.3, -0.25) is 19.6 Å². The summed E-state index contributed by atoms with van der Waals surface area (Å²) < 4.78 is 30.9. The summed E-state index contributed by atoms with van der Waals surface area (Å²) in [6.45, 7) is -0.211. The quantitative estimate of drug-likeness (QED) is 0.457. The van der Waals surface area contributed by atoms with Gasteiger partial charge in [-0.1, -0.05) is 12.1 Å². The maximum absolute atomic E-state index is 12.6. The zero-order valence-corrected chi connectivity index (χ0v) is 16.1. The lowest BCUT2D eigenvalue weighted by atomic mass is 10.1. The number of amides is 1. The number of alkyl halides is 2. The summed E-state index contributed by atoms with van der Waals surface area (Å²) in [6, 6.07) is 6.19. The summed E-state index contributed by atoms with van der Waals surface area (Å²) in [5, 5.41) is 19.5. The Hall–Kier alpha value is -3.41. The van der Waals surface area contributed by atoms with Crippen LogP contribution < -0.4 is 10.1 Å². The molecule has 9 nitrogen and oxygen atoms in total. The second-order valence-corrected chi connectivity index (χ2v) is 6.75. The first kappa shape index (κ1) is 20.3. The Balaban J connectivity index is 1.74. The van der Waals surface area contributed by atoms with Crippen molar-refractivity contribution in [1.82, 2.24) is 14.8 Å². The van der Waals surface area contributed by atoms with Crippen LogP contribution in [0.25, 0.3) is 11.3 Å². The number of carbonyl (C=O) groups excluding carboxylic acids is 1. The van der Waals surface area contributed by atoms with Gasteiger partial charge in [0.25, 0.3) is 0 Å². The second kappa shape index (κ2) is 8.31. The first-order chi connectivity index (χ1) is 13.8. The Morgan fingerprint density at radius 3 is 2.76 bits per heavy atom. The highest BCUT2D eigenvalue weighted by Gasteiger charge is 2.23. The monoisotopic (exact) mass is 423 g/mol. The lowest BCUT2D eigenvalue weighted by Gasteiger charge is -2.08. The Morgan fingerprint density at radius 2 is 2.10 bits per heavy atom. The number of halogens is 2. The number of para-hydroxylation sites is 1. The molecule has 2 heterocycles. The molecule has 0 aliphatic carbocycles. The summed E-state index contributed by atoms with van der Waals surface area (Å²) in [5.41, 5.74) is 1.07. The SMILES string of the molecule is Cc1nn(CC(=O)Nc2nc(-c3ccccc3OC(F)F)cs2)c(C)c1[N+](=O)[O-]. The highest BCUT2D eigenvalue weighted by molar-refractivity contribution is 7.14. The van der Waals surface area contributed by atoms with Crippen molar-refractivity contribution in [3.63, 3.8) is 0 Å². The molecule has 0 aliphatic rings. The molecule has 3 aromatic rings. The summed E-state index contributed by atoms with van der Waals surface area (Å²) in [6.07, 6.45) is 0. The van der Waals surface area contributed by atoms with Crippen LogP contribution in [0.3, 0.4) is 0 Å².